The first kappa shape index (κ1) is 9.88. The van der Waals surface area contributed by atoms with Gasteiger partial charge in [-0.05, 0) is 6.92 Å². The lowest BCUT2D eigenvalue weighted by molar-refractivity contribution is 0.292. The van der Waals surface area contributed by atoms with Crippen LogP contribution in [-0.4, -0.2) is 28.2 Å². The molecule has 13 heavy (non-hydrogen) atoms. The molecule has 0 unspecified atom stereocenters. The van der Waals surface area contributed by atoms with E-state index in [0.717, 1.165) is 5.56 Å². The summed E-state index contributed by atoms with van der Waals surface area (Å²) in [6.07, 6.45) is 1.70. The molecule has 0 saturated heterocycles. The molecule has 4 N–H and O–H groups in total. The number of anilines is 1. The van der Waals surface area contributed by atoms with Crippen LogP contribution in [0.2, 0.25) is 0 Å². The molecule has 0 amide bonds. The first-order valence-corrected chi connectivity index (χ1v) is 4.13. The number of nitrogens with zero attached hydrogens (tertiary/aromatic N) is 2. The van der Waals surface area contributed by atoms with Crippen LogP contribution in [0.4, 0.5) is 5.82 Å². The first-order valence-electron chi connectivity index (χ1n) is 4.13. The summed E-state index contributed by atoms with van der Waals surface area (Å²) >= 11 is 0. The van der Waals surface area contributed by atoms with Crippen LogP contribution in [0.3, 0.4) is 0 Å². The van der Waals surface area contributed by atoms with E-state index in [1.54, 1.807) is 13.1 Å². The van der Waals surface area contributed by atoms with Crippen molar-refractivity contribution in [1.82, 2.24) is 15.3 Å². The van der Waals surface area contributed by atoms with E-state index in [4.69, 9.17) is 10.8 Å². The summed E-state index contributed by atoms with van der Waals surface area (Å²) in [6, 6.07) is 0. The second kappa shape index (κ2) is 4.74. The number of rotatable bonds is 4. The molecule has 0 spiro atoms. The number of hydrogen-bond donors (Lipinski definition) is 3. The highest BCUT2D eigenvalue weighted by Crippen LogP contribution is 2.05. The van der Waals surface area contributed by atoms with Crippen molar-refractivity contribution in [2.75, 3.05) is 18.9 Å². The highest BCUT2D eigenvalue weighted by atomic mass is 16.3. The van der Waals surface area contributed by atoms with E-state index in [1.165, 1.54) is 0 Å². The van der Waals surface area contributed by atoms with Gasteiger partial charge in [0.15, 0.2) is 0 Å². The Kier molecular flexibility index (Phi) is 3.60. The van der Waals surface area contributed by atoms with Crippen molar-refractivity contribution in [2.45, 2.75) is 13.5 Å². The zero-order valence-electron chi connectivity index (χ0n) is 7.62. The molecule has 1 aromatic rings. The largest absolute Gasteiger partial charge is 0.395 e. The highest BCUT2D eigenvalue weighted by Gasteiger charge is 2.00. The number of aryl methyl sites for hydroxylation is 1. The van der Waals surface area contributed by atoms with Gasteiger partial charge in [0.2, 0.25) is 0 Å². The Morgan fingerprint density at radius 3 is 3.00 bits per heavy atom. The Morgan fingerprint density at radius 1 is 1.62 bits per heavy atom. The molecule has 1 aromatic heterocycles. The quantitative estimate of drug-likeness (QED) is 0.544. The van der Waals surface area contributed by atoms with Crippen molar-refractivity contribution in [3.05, 3.63) is 17.6 Å². The average Bonchev–Trinajstić information content (AvgIpc) is 2.09. The van der Waals surface area contributed by atoms with Gasteiger partial charge in [0, 0.05) is 24.8 Å². The molecule has 0 saturated carbocycles. The summed E-state index contributed by atoms with van der Waals surface area (Å²) in [6.45, 7) is 3.05. The van der Waals surface area contributed by atoms with E-state index in [2.05, 4.69) is 15.3 Å². The number of aliphatic hydroxyl groups is 1. The fourth-order valence-corrected chi connectivity index (χ4v) is 0.951. The highest BCUT2D eigenvalue weighted by molar-refractivity contribution is 5.37. The Morgan fingerprint density at radius 2 is 2.38 bits per heavy atom. The lowest BCUT2D eigenvalue weighted by Gasteiger charge is -2.05. The van der Waals surface area contributed by atoms with Crippen molar-refractivity contribution in [3.63, 3.8) is 0 Å². The lowest BCUT2D eigenvalue weighted by Crippen LogP contribution is -2.19. The molecule has 0 aliphatic carbocycles. The number of nitrogens with two attached hydrogens (primary N) is 1. The summed E-state index contributed by atoms with van der Waals surface area (Å²) in [5, 5.41) is 11.5. The van der Waals surface area contributed by atoms with Crippen LogP contribution in [-0.2, 0) is 6.54 Å². The number of hydrogen-bond acceptors (Lipinski definition) is 5. The maximum atomic E-state index is 8.53. The molecule has 5 nitrogen and oxygen atoms in total. The minimum absolute atomic E-state index is 0.118. The molecule has 0 aliphatic rings. The molecule has 0 bridgehead atoms. The minimum atomic E-state index is 0.118. The summed E-state index contributed by atoms with van der Waals surface area (Å²) in [5.41, 5.74) is 6.51. The van der Waals surface area contributed by atoms with Gasteiger partial charge >= 0.3 is 0 Å². The SMILES string of the molecule is Cc1ncc(CNCCO)c(N)n1. The van der Waals surface area contributed by atoms with Gasteiger partial charge in [0.25, 0.3) is 0 Å². The number of aliphatic hydroxyl groups excluding tert-OH is 1. The van der Waals surface area contributed by atoms with E-state index in [-0.39, 0.29) is 6.61 Å². The predicted octanol–water partition coefficient (Wildman–Crippen LogP) is -0.551. The molecule has 0 atom stereocenters. The van der Waals surface area contributed by atoms with Gasteiger partial charge in [-0.15, -0.1) is 0 Å². The van der Waals surface area contributed by atoms with Crippen molar-refractivity contribution < 1.29 is 5.11 Å². The molecule has 1 heterocycles. The zero-order valence-corrected chi connectivity index (χ0v) is 7.62. The Labute approximate surface area is 77.0 Å². The van der Waals surface area contributed by atoms with E-state index in [9.17, 15) is 0 Å². The molecular formula is C8H14N4O. The maximum absolute atomic E-state index is 8.53. The molecule has 0 aliphatic heterocycles. The average molecular weight is 182 g/mol. The minimum Gasteiger partial charge on any atom is -0.395 e. The van der Waals surface area contributed by atoms with Gasteiger partial charge in [0.1, 0.15) is 11.6 Å². The van der Waals surface area contributed by atoms with Crippen molar-refractivity contribution >= 4 is 5.82 Å². The van der Waals surface area contributed by atoms with Crippen molar-refractivity contribution in [3.8, 4) is 0 Å². The predicted molar refractivity (Wildman–Crippen MR) is 50.0 cm³/mol. The smallest absolute Gasteiger partial charge is 0.131 e. The molecular weight excluding hydrogens is 168 g/mol. The van der Waals surface area contributed by atoms with Crippen molar-refractivity contribution in [2.24, 2.45) is 0 Å². The lowest BCUT2D eigenvalue weighted by atomic mass is 10.3. The molecule has 0 aromatic carbocycles. The third-order valence-electron chi connectivity index (χ3n) is 1.62. The Bertz CT molecular complexity index is 277. The van der Waals surface area contributed by atoms with Gasteiger partial charge in [-0.25, -0.2) is 9.97 Å². The summed E-state index contributed by atoms with van der Waals surface area (Å²) in [5.74, 6) is 1.17. The summed E-state index contributed by atoms with van der Waals surface area (Å²) in [7, 11) is 0. The van der Waals surface area contributed by atoms with Crippen molar-refractivity contribution in [1.29, 1.82) is 0 Å². The second-order valence-electron chi connectivity index (χ2n) is 2.73. The molecule has 72 valence electrons. The van der Waals surface area contributed by atoms with Gasteiger partial charge in [-0.1, -0.05) is 0 Å². The topological polar surface area (TPSA) is 84.1 Å². The second-order valence-corrected chi connectivity index (χ2v) is 2.73. The fraction of sp³-hybridized carbons (Fsp3) is 0.500. The number of nitrogen functional groups attached to an aromatic ring is 1. The normalized spacial score (nSPS) is 10.3. The monoisotopic (exact) mass is 182 g/mol. The maximum Gasteiger partial charge on any atom is 0.131 e. The molecule has 0 fully saturated rings. The van der Waals surface area contributed by atoms with Gasteiger partial charge in [-0.2, -0.15) is 0 Å². The van der Waals surface area contributed by atoms with Crippen LogP contribution in [0.15, 0.2) is 6.20 Å². The van der Waals surface area contributed by atoms with Crippen LogP contribution in [0, 0.1) is 6.92 Å². The number of nitrogens with one attached hydrogen (secondary N) is 1. The third kappa shape index (κ3) is 2.96. The van der Waals surface area contributed by atoms with Crippen LogP contribution >= 0.6 is 0 Å². The standard InChI is InChI=1S/C8H14N4O/c1-6-11-5-7(8(9)12-6)4-10-2-3-13/h5,10,13H,2-4H2,1H3,(H2,9,11,12). The van der Waals surface area contributed by atoms with Crippen LogP contribution in [0.1, 0.15) is 11.4 Å². The zero-order chi connectivity index (χ0) is 9.68. The van der Waals surface area contributed by atoms with E-state index in [1.807, 2.05) is 0 Å². The molecule has 0 radical (unpaired) electrons. The van der Waals surface area contributed by atoms with Gasteiger partial charge in [-0.3, -0.25) is 0 Å². The van der Waals surface area contributed by atoms with Gasteiger partial charge in [0.05, 0.1) is 6.61 Å². The van der Waals surface area contributed by atoms with E-state index < -0.39 is 0 Å². The Hall–Kier alpha value is -1.20. The van der Waals surface area contributed by atoms with Crippen LogP contribution in [0.25, 0.3) is 0 Å². The molecule has 5 heteroatoms. The van der Waals surface area contributed by atoms with E-state index in [0.29, 0.717) is 24.7 Å². The third-order valence-corrected chi connectivity index (χ3v) is 1.62. The van der Waals surface area contributed by atoms with Gasteiger partial charge < -0.3 is 16.2 Å². The fourth-order valence-electron chi connectivity index (χ4n) is 0.951. The van der Waals surface area contributed by atoms with E-state index >= 15 is 0 Å². The summed E-state index contributed by atoms with van der Waals surface area (Å²) < 4.78 is 0. The first-order chi connectivity index (χ1) is 6.24. The molecule has 1 rings (SSSR count). The van der Waals surface area contributed by atoms with Crippen LogP contribution in [0.5, 0.6) is 0 Å². The number of aromatic nitrogens is 2. The van der Waals surface area contributed by atoms with Crippen LogP contribution < -0.4 is 11.1 Å². The Balaban J connectivity index is 2.56. The summed E-state index contributed by atoms with van der Waals surface area (Å²) in [4.78, 5) is 8.04.